The number of alkyl halides is 2. The van der Waals surface area contributed by atoms with Gasteiger partial charge < -0.3 is 20.3 Å². The van der Waals surface area contributed by atoms with Crippen molar-refractivity contribution in [3.63, 3.8) is 0 Å². The third kappa shape index (κ3) is 3.80. The summed E-state index contributed by atoms with van der Waals surface area (Å²) in [6.45, 7) is -0.339. The maximum Gasteiger partial charge on any atom is 0.282 e. The van der Waals surface area contributed by atoms with Crippen LogP contribution in [0.4, 0.5) is 14.5 Å². The van der Waals surface area contributed by atoms with Gasteiger partial charge in [0.25, 0.3) is 11.8 Å². The summed E-state index contributed by atoms with van der Waals surface area (Å²) >= 11 is 1.44. The maximum atomic E-state index is 13.3. The number of rotatable bonds is 6. The Morgan fingerprint density at radius 3 is 2.70 bits per heavy atom. The smallest absolute Gasteiger partial charge is 0.282 e. The molecule has 10 heteroatoms. The average molecular weight is 398 g/mol. The standard InChI is InChI=1S/C17H20F2N4O3S/c18-17(19)7-22(8-17)12-4-3-11(21-15(12)26-5-10-1-2-10)16(25)23-9-27-6-13(23)14(20)24/h3-4,10,13H,1-2,5-9H2,(H2,20,24). The number of carbonyl (C=O) groups excluding carboxylic acids is 2. The van der Waals surface area contributed by atoms with Crippen molar-refractivity contribution >= 4 is 29.3 Å². The lowest BCUT2D eigenvalue weighted by Crippen LogP contribution is -2.56. The van der Waals surface area contributed by atoms with E-state index in [1.165, 1.54) is 27.6 Å². The van der Waals surface area contributed by atoms with Crippen molar-refractivity contribution in [3.05, 3.63) is 17.8 Å². The molecule has 1 atom stereocenters. The molecule has 3 fully saturated rings. The van der Waals surface area contributed by atoms with Crippen LogP contribution in [0.5, 0.6) is 5.88 Å². The van der Waals surface area contributed by atoms with E-state index in [1.807, 2.05) is 0 Å². The lowest BCUT2D eigenvalue weighted by Gasteiger charge is -2.40. The van der Waals surface area contributed by atoms with Gasteiger partial charge in [-0.05, 0) is 30.9 Å². The van der Waals surface area contributed by atoms with Crippen LogP contribution in [0.3, 0.4) is 0 Å². The van der Waals surface area contributed by atoms with Crippen LogP contribution in [0.1, 0.15) is 23.3 Å². The number of ether oxygens (including phenoxy) is 1. The van der Waals surface area contributed by atoms with Gasteiger partial charge in [0.05, 0.1) is 25.6 Å². The fraction of sp³-hybridized carbons (Fsp3) is 0.588. The lowest BCUT2D eigenvalue weighted by atomic mass is 10.1. The molecule has 1 unspecified atom stereocenters. The van der Waals surface area contributed by atoms with Crippen molar-refractivity contribution in [3.8, 4) is 5.88 Å². The number of nitrogens with two attached hydrogens (primary N) is 1. The van der Waals surface area contributed by atoms with Crippen LogP contribution < -0.4 is 15.4 Å². The molecule has 3 aliphatic rings. The monoisotopic (exact) mass is 398 g/mol. The molecule has 146 valence electrons. The highest BCUT2D eigenvalue weighted by molar-refractivity contribution is 7.99. The molecule has 4 rings (SSSR count). The van der Waals surface area contributed by atoms with Gasteiger partial charge in [0, 0.05) is 5.75 Å². The molecule has 3 heterocycles. The Morgan fingerprint density at radius 2 is 2.07 bits per heavy atom. The summed E-state index contributed by atoms with van der Waals surface area (Å²) in [6.07, 6.45) is 2.14. The SMILES string of the molecule is NC(=O)C1CSCN1C(=O)c1ccc(N2CC(F)(F)C2)c(OCC2CC2)n1. The second-order valence-corrected chi connectivity index (χ2v) is 8.18. The first kappa shape index (κ1) is 18.3. The van der Waals surface area contributed by atoms with Crippen LogP contribution >= 0.6 is 11.8 Å². The van der Waals surface area contributed by atoms with Gasteiger partial charge in [-0.3, -0.25) is 9.59 Å². The summed E-state index contributed by atoms with van der Waals surface area (Å²) in [4.78, 5) is 31.5. The molecule has 0 spiro atoms. The number of hydrogen-bond acceptors (Lipinski definition) is 6. The van der Waals surface area contributed by atoms with E-state index in [-0.39, 0.29) is 11.6 Å². The minimum Gasteiger partial charge on any atom is -0.476 e. The van der Waals surface area contributed by atoms with Gasteiger partial charge in [-0.15, -0.1) is 11.8 Å². The summed E-state index contributed by atoms with van der Waals surface area (Å²) in [6, 6.07) is 2.40. The predicted octanol–water partition coefficient (Wildman–Crippen LogP) is 1.33. The molecule has 0 radical (unpaired) electrons. The number of hydrogen-bond donors (Lipinski definition) is 1. The number of aromatic nitrogens is 1. The Morgan fingerprint density at radius 1 is 1.33 bits per heavy atom. The van der Waals surface area contributed by atoms with Gasteiger partial charge in [0.1, 0.15) is 17.4 Å². The molecule has 2 N–H and O–H groups in total. The maximum absolute atomic E-state index is 13.3. The zero-order chi connectivity index (χ0) is 19.2. The molecule has 1 aromatic heterocycles. The first-order valence-corrected chi connectivity index (χ1v) is 9.94. The summed E-state index contributed by atoms with van der Waals surface area (Å²) < 4.78 is 32.2. The van der Waals surface area contributed by atoms with Gasteiger partial charge in [0.15, 0.2) is 0 Å². The highest BCUT2D eigenvalue weighted by Crippen LogP contribution is 2.38. The molecule has 0 aromatic carbocycles. The van der Waals surface area contributed by atoms with Gasteiger partial charge >= 0.3 is 0 Å². The Labute approximate surface area is 159 Å². The van der Waals surface area contributed by atoms with Crippen molar-refractivity contribution < 1.29 is 23.1 Å². The van der Waals surface area contributed by atoms with E-state index in [4.69, 9.17) is 10.5 Å². The molecule has 1 saturated carbocycles. The minimum absolute atomic E-state index is 0.116. The lowest BCUT2D eigenvalue weighted by molar-refractivity contribution is -0.121. The first-order valence-electron chi connectivity index (χ1n) is 8.79. The van der Waals surface area contributed by atoms with E-state index >= 15 is 0 Å². The molecular formula is C17H20F2N4O3S. The van der Waals surface area contributed by atoms with Gasteiger partial charge in [0.2, 0.25) is 11.8 Å². The summed E-state index contributed by atoms with van der Waals surface area (Å²) in [5.41, 5.74) is 5.94. The third-order valence-corrected chi connectivity index (χ3v) is 5.88. The Balaban J connectivity index is 1.56. The van der Waals surface area contributed by atoms with Crippen LogP contribution in [0.2, 0.25) is 0 Å². The summed E-state index contributed by atoms with van der Waals surface area (Å²) in [5.74, 6) is -2.25. The zero-order valence-corrected chi connectivity index (χ0v) is 15.4. The Bertz CT molecular complexity index is 767. The molecule has 1 aliphatic carbocycles. The topological polar surface area (TPSA) is 88.8 Å². The quantitative estimate of drug-likeness (QED) is 0.778. The van der Waals surface area contributed by atoms with Crippen molar-refractivity contribution in [2.24, 2.45) is 11.7 Å². The number of amides is 2. The van der Waals surface area contributed by atoms with Gasteiger partial charge in [-0.1, -0.05) is 0 Å². The van der Waals surface area contributed by atoms with Crippen molar-refractivity contribution in [2.45, 2.75) is 24.8 Å². The van der Waals surface area contributed by atoms with E-state index in [9.17, 15) is 18.4 Å². The van der Waals surface area contributed by atoms with Crippen LogP contribution in [0.25, 0.3) is 0 Å². The fourth-order valence-electron chi connectivity index (χ4n) is 3.09. The second-order valence-electron chi connectivity index (χ2n) is 7.18. The van der Waals surface area contributed by atoms with E-state index in [0.29, 0.717) is 29.8 Å². The second kappa shape index (κ2) is 6.81. The van der Waals surface area contributed by atoms with Crippen molar-refractivity contribution in [1.29, 1.82) is 0 Å². The fourth-order valence-corrected chi connectivity index (χ4v) is 4.26. The van der Waals surface area contributed by atoms with E-state index in [2.05, 4.69) is 4.98 Å². The Kier molecular flexibility index (Phi) is 4.61. The molecule has 27 heavy (non-hydrogen) atoms. The molecule has 2 saturated heterocycles. The summed E-state index contributed by atoms with van der Waals surface area (Å²) in [7, 11) is 0. The van der Waals surface area contributed by atoms with Crippen LogP contribution in [-0.4, -0.2) is 65.0 Å². The predicted molar refractivity (Wildman–Crippen MR) is 96.1 cm³/mol. The van der Waals surface area contributed by atoms with Gasteiger partial charge in [-0.25, -0.2) is 13.8 Å². The van der Waals surface area contributed by atoms with E-state index in [1.54, 1.807) is 6.07 Å². The molecule has 1 aromatic rings. The van der Waals surface area contributed by atoms with Crippen LogP contribution in [0.15, 0.2) is 12.1 Å². The van der Waals surface area contributed by atoms with Crippen LogP contribution in [-0.2, 0) is 4.79 Å². The number of nitrogens with zero attached hydrogens (tertiary/aromatic N) is 3. The number of halogens is 2. The van der Waals surface area contributed by atoms with Crippen molar-refractivity contribution in [1.82, 2.24) is 9.88 Å². The number of primary amides is 1. The number of anilines is 1. The number of pyridine rings is 1. The minimum atomic E-state index is -2.72. The molecule has 2 amide bonds. The largest absolute Gasteiger partial charge is 0.476 e. The number of thioether (sulfide) groups is 1. The Hall–Kier alpha value is -2.10. The highest BCUT2D eigenvalue weighted by atomic mass is 32.2. The molecule has 2 aliphatic heterocycles. The van der Waals surface area contributed by atoms with E-state index in [0.717, 1.165) is 12.8 Å². The zero-order valence-electron chi connectivity index (χ0n) is 14.6. The van der Waals surface area contributed by atoms with Crippen LogP contribution in [0, 0.1) is 5.92 Å². The third-order valence-electron chi connectivity index (χ3n) is 4.87. The molecular weight excluding hydrogens is 378 g/mol. The number of carbonyl (C=O) groups is 2. The molecule has 7 nitrogen and oxygen atoms in total. The molecule has 0 bridgehead atoms. The highest BCUT2D eigenvalue weighted by Gasteiger charge is 2.45. The summed E-state index contributed by atoms with van der Waals surface area (Å²) in [5, 5.41) is 0. The normalized spacial score (nSPS) is 23.9. The average Bonchev–Trinajstić information content (AvgIpc) is 3.30. The van der Waals surface area contributed by atoms with Gasteiger partial charge in [-0.2, -0.15) is 0 Å². The van der Waals surface area contributed by atoms with Crippen molar-refractivity contribution in [2.75, 3.05) is 36.2 Å². The first-order chi connectivity index (χ1) is 12.8. The van der Waals surface area contributed by atoms with E-state index < -0.39 is 36.9 Å².